The van der Waals surface area contributed by atoms with Gasteiger partial charge in [-0.25, -0.2) is 0 Å². The molecule has 0 saturated heterocycles. The molecule has 0 aliphatic carbocycles. The van der Waals surface area contributed by atoms with Crippen molar-refractivity contribution in [1.29, 1.82) is 0 Å². The van der Waals surface area contributed by atoms with Gasteiger partial charge in [-0.1, -0.05) is 11.5 Å². The van der Waals surface area contributed by atoms with Crippen molar-refractivity contribution in [3.05, 3.63) is 0 Å². The number of hydrogen-bond acceptors (Lipinski definition) is 6. The van der Waals surface area contributed by atoms with E-state index in [2.05, 4.69) is 12.6 Å². The summed E-state index contributed by atoms with van der Waals surface area (Å²) < 4.78 is 21.8. The van der Waals surface area contributed by atoms with E-state index in [9.17, 15) is 0 Å². The quantitative estimate of drug-likeness (QED) is 0.353. The first-order chi connectivity index (χ1) is 9.16. The molecule has 0 aromatic rings. The fourth-order valence-corrected chi connectivity index (χ4v) is 5.43. The Bertz CT molecular complexity index is 160. The first-order valence-corrected chi connectivity index (χ1v) is 13.0. The molecule has 4 nitrogen and oxygen atoms in total. The van der Waals surface area contributed by atoms with Crippen LogP contribution >= 0.6 is 24.1 Å². The Hall–Kier alpha value is 0.974. The summed E-state index contributed by atoms with van der Waals surface area (Å²) in [5, 5.41) is 0. The van der Waals surface area contributed by atoms with Crippen LogP contribution in [0.1, 0.15) is 34.1 Å². The molecule has 0 rings (SSSR count). The van der Waals surface area contributed by atoms with Gasteiger partial charge in [0.05, 0.1) is 6.61 Å². The molecule has 118 valence electrons. The Morgan fingerprint density at radius 2 is 1.42 bits per heavy atom. The van der Waals surface area contributed by atoms with E-state index in [0.29, 0.717) is 19.8 Å². The number of hydrogen-bond donors (Lipinski definition) is 1. The zero-order valence-corrected chi connectivity index (χ0v) is 17.6. The molecule has 0 amide bonds. The molecule has 0 heterocycles. The molecule has 19 heavy (non-hydrogen) atoms. The fraction of sp³-hybridized carbons (Fsp3) is 1.00. The zero-order valence-electron chi connectivity index (χ0n) is 12.9. The molecule has 0 bridgehead atoms. The van der Waals surface area contributed by atoms with Crippen molar-refractivity contribution in [3.8, 4) is 0 Å². The van der Waals surface area contributed by atoms with Crippen molar-refractivity contribution in [2.24, 2.45) is 0 Å². The fourth-order valence-electron chi connectivity index (χ4n) is 1.41. The molecule has 8 heteroatoms. The van der Waals surface area contributed by atoms with Crippen molar-refractivity contribution in [2.75, 3.05) is 32.2 Å². The summed E-state index contributed by atoms with van der Waals surface area (Å²) in [6, 6.07) is 0.867. The lowest BCUT2D eigenvalue weighted by Gasteiger charge is -2.28. The normalized spacial score (nSPS) is 11.2. The van der Waals surface area contributed by atoms with E-state index >= 15 is 0 Å². The summed E-state index contributed by atoms with van der Waals surface area (Å²) in [4.78, 5) is 0. The summed E-state index contributed by atoms with van der Waals surface area (Å²) in [7, 11) is -1.27. The molecule has 0 aliphatic heterocycles. The maximum atomic E-state index is 5.67. The predicted octanol–water partition coefficient (Wildman–Crippen LogP) is 2.31. The van der Waals surface area contributed by atoms with Crippen molar-refractivity contribution >= 4 is 42.3 Å². The molecule has 0 aliphatic rings. The summed E-state index contributed by atoms with van der Waals surface area (Å²) >= 11 is 5.73. The molecule has 0 spiro atoms. The summed E-state index contributed by atoms with van der Waals surface area (Å²) in [5.41, 5.74) is 0. The smallest absolute Gasteiger partial charge is 0.374 e. The van der Waals surface area contributed by atoms with Gasteiger partial charge in [-0.05, 0) is 39.9 Å². The molecule has 0 radical (unpaired) electrons. The summed E-state index contributed by atoms with van der Waals surface area (Å²) in [6.45, 7) is 10.7. The van der Waals surface area contributed by atoms with Crippen LogP contribution < -0.4 is 0 Å². The third kappa shape index (κ3) is 13.7. The van der Waals surface area contributed by atoms with Gasteiger partial charge in [0.2, 0.25) is 0 Å². The maximum Gasteiger partial charge on any atom is 0.500 e. The molecule has 0 aromatic carbocycles. The minimum Gasteiger partial charge on any atom is -0.374 e. The van der Waals surface area contributed by atoms with Gasteiger partial charge in [0.1, 0.15) is 9.39 Å². The van der Waals surface area contributed by atoms with Gasteiger partial charge in [0, 0.05) is 25.9 Å². The minimum absolute atomic E-state index is 0.652. The highest BCUT2D eigenvalue weighted by atomic mass is 32.4. The highest BCUT2D eigenvalue weighted by molar-refractivity contribution is 8.15. The maximum absolute atomic E-state index is 5.67. The van der Waals surface area contributed by atoms with Gasteiger partial charge in [0.25, 0.3) is 0 Å². The molecule has 0 atom stereocenters. The van der Waals surface area contributed by atoms with Crippen molar-refractivity contribution in [2.45, 2.75) is 40.2 Å². The Balaban J connectivity index is 0. The molecule has 0 aromatic heterocycles. The number of rotatable bonds is 11. The Labute approximate surface area is 132 Å². The van der Waals surface area contributed by atoms with E-state index in [1.165, 1.54) is 0 Å². The van der Waals surface area contributed by atoms with E-state index in [1.54, 1.807) is 11.5 Å². The SMILES string of the molecule is CCOS[SiH3].CCO[Si](CCCS)(OCC)OCC. The van der Waals surface area contributed by atoms with Crippen LogP contribution in [-0.4, -0.2) is 50.4 Å². The van der Waals surface area contributed by atoms with Gasteiger partial charge in [-0.2, -0.15) is 12.6 Å². The molecule has 0 N–H and O–H groups in total. The number of thiol groups is 1. The van der Waals surface area contributed by atoms with Crippen molar-refractivity contribution < 1.29 is 17.5 Å². The summed E-state index contributed by atoms with van der Waals surface area (Å²) in [5.74, 6) is 0.849. The van der Waals surface area contributed by atoms with Gasteiger partial charge < -0.3 is 17.5 Å². The molecule has 0 saturated carbocycles. The Kier molecular flexibility index (Phi) is 19.9. The van der Waals surface area contributed by atoms with E-state index in [-0.39, 0.29) is 0 Å². The Morgan fingerprint density at radius 3 is 1.63 bits per heavy atom. The summed E-state index contributed by atoms with van der Waals surface area (Å²) in [6.07, 6.45) is 0.981. The highest BCUT2D eigenvalue weighted by Gasteiger charge is 2.39. The minimum atomic E-state index is -2.37. The molecular formula is C11H30O4S2Si2. The molecule has 0 fully saturated rings. The lowest BCUT2D eigenvalue weighted by atomic mass is 10.6. The van der Waals surface area contributed by atoms with Crippen LogP contribution in [0.4, 0.5) is 0 Å². The topological polar surface area (TPSA) is 36.9 Å². The first-order valence-electron chi connectivity index (χ1n) is 6.84. The van der Waals surface area contributed by atoms with Crippen LogP contribution in [0, 0.1) is 0 Å². The monoisotopic (exact) mass is 346 g/mol. The van der Waals surface area contributed by atoms with E-state index in [4.69, 9.17) is 17.5 Å². The van der Waals surface area contributed by atoms with E-state index in [0.717, 1.165) is 34.2 Å². The van der Waals surface area contributed by atoms with Gasteiger partial charge >= 0.3 is 8.80 Å². The molecule has 0 unspecified atom stereocenters. The largest absolute Gasteiger partial charge is 0.500 e. The molecular weight excluding hydrogens is 316 g/mol. The van der Waals surface area contributed by atoms with E-state index < -0.39 is 8.80 Å². The second kappa shape index (κ2) is 17.0. The highest BCUT2D eigenvalue weighted by Crippen LogP contribution is 2.18. The first kappa shape index (κ1) is 22.3. The van der Waals surface area contributed by atoms with Gasteiger partial charge in [0.15, 0.2) is 0 Å². The van der Waals surface area contributed by atoms with Crippen LogP contribution in [-0.2, 0) is 17.5 Å². The lowest BCUT2D eigenvalue weighted by molar-refractivity contribution is 0.0712. The van der Waals surface area contributed by atoms with Crippen molar-refractivity contribution in [1.82, 2.24) is 0 Å². The second-order valence-electron chi connectivity index (χ2n) is 3.38. The van der Waals surface area contributed by atoms with Crippen molar-refractivity contribution in [3.63, 3.8) is 0 Å². The average molecular weight is 347 g/mol. The Morgan fingerprint density at radius 1 is 0.947 bits per heavy atom. The van der Waals surface area contributed by atoms with Crippen LogP contribution in [0.25, 0.3) is 0 Å². The third-order valence-electron chi connectivity index (χ3n) is 1.97. The second-order valence-corrected chi connectivity index (χ2v) is 8.13. The van der Waals surface area contributed by atoms with Crippen LogP contribution in [0.3, 0.4) is 0 Å². The van der Waals surface area contributed by atoms with Crippen LogP contribution in [0.2, 0.25) is 6.04 Å². The lowest BCUT2D eigenvalue weighted by Crippen LogP contribution is -2.46. The standard InChI is InChI=1S/C9H22O3SSi.C2H8OSSi/c1-4-10-14(11-5-2,12-6-3)9-7-8-13;1-2-3-4-5/h13H,4-9H2,1-3H3;2H2,1,5H3. The van der Waals surface area contributed by atoms with E-state index in [1.807, 2.05) is 27.7 Å². The zero-order chi connectivity index (χ0) is 15.0. The van der Waals surface area contributed by atoms with Gasteiger partial charge in [-0.15, -0.1) is 0 Å². The average Bonchev–Trinajstić information content (AvgIpc) is 2.39. The van der Waals surface area contributed by atoms with Crippen LogP contribution in [0.15, 0.2) is 0 Å². The van der Waals surface area contributed by atoms with Crippen LogP contribution in [0.5, 0.6) is 0 Å². The third-order valence-corrected chi connectivity index (χ3v) is 6.62. The van der Waals surface area contributed by atoms with Gasteiger partial charge in [-0.3, -0.25) is 0 Å². The predicted molar refractivity (Wildman–Crippen MR) is 93.1 cm³/mol.